The maximum atomic E-state index is 12.2. The first-order valence-electron chi connectivity index (χ1n) is 5.53. The lowest BCUT2D eigenvalue weighted by molar-refractivity contribution is -0.141. The topological polar surface area (TPSA) is 57.6 Å². The second-order valence-electron chi connectivity index (χ2n) is 4.05. The summed E-state index contributed by atoms with van der Waals surface area (Å²) >= 11 is 0. The minimum atomic E-state index is -1.06. The molecule has 0 spiro atoms. The van der Waals surface area contributed by atoms with Crippen LogP contribution in [0.5, 0.6) is 0 Å². The highest BCUT2D eigenvalue weighted by Crippen LogP contribution is 2.33. The monoisotopic (exact) mass is 243 g/mol. The first-order valence-corrected chi connectivity index (χ1v) is 5.53. The number of carbonyl (C=O) groups is 2. The fourth-order valence-electron chi connectivity index (χ4n) is 2.11. The van der Waals surface area contributed by atoms with Crippen molar-refractivity contribution in [2.45, 2.75) is 12.5 Å². The van der Waals surface area contributed by atoms with Crippen molar-refractivity contribution in [3.8, 4) is 0 Å². The van der Waals surface area contributed by atoms with Crippen LogP contribution in [0.4, 0.5) is 0 Å². The number of amides is 1. The maximum absolute atomic E-state index is 12.2. The molecule has 1 aliphatic heterocycles. The number of fused-ring (bicyclic) bond motifs is 1. The third kappa shape index (κ3) is 1.72. The molecule has 0 aliphatic carbocycles. The Labute approximate surface area is 105 Å². The zero-order valence-corrected chi connectivity index (χ0v) is 9.80. The molecule has 0 aromatic heterocycles. The highest BCUT2D eigenvalue weighted by atomic mass is 16.4. The molecule has 1 N–H and O–H groups in total. The molecule has 0 saturated heterocycles. The summed E-state index contributed by atoms with van der Waals surface area (Å²) in [7, 11) is 0. The first-order chi connectivity index (χ1) is 8.57. The van der Waals surface area contributed by atoms with Gasteiger partial charge in [0, 0.05) is 16.8 Å². The summed E-state index contributed by atoms with van der Waals surface area (Å²) in [5, 5.41) is 9.20. The standard InChI is InChI=1S/C14H13NO3/c1-3-6-12(14(17)18)15-9(2)10-7-4-5-8-11(10)13(15)16/h3-5,7-8,12H,1-2,6H2,(H,17,18). The van der Waals surface area contributed by atoms with Crippen LogP contribution in [0.15, 0.2) is 43.5 Å². The Balaban J connectivity index is 2.44. The van der Waals surface area contributed by atoms with Crippen LogP contribution in [0.2, 0.25) is 0 Å². The van der Waals surface area contributed by atoms with Crippen LogP contribution in [-0.2, 0) is 4.79 Å². The molecule has 4 nitrogen and oxygen atoms in total. The van der Waals surface area contributed by atoms with E-state index in [1.165, 1.54) is 11.0 Å². The molecule has 0 saturated carbocycles. The minimum absolute atomic E-state index is 0.189. The van der Waals surface area contributed by atoms with E-state index in [0.29, 0.717) is 16.8 Å². The van der Waals surface area contributed by atoms with Gasteiger partial charge >= 0.3 is 5.97 Å². The van der Waals surface area contributed by atoms with E-state index in [4.69, 9.17) is 0 Å². The Morgan fingerprint density at radius 2 is 2.00 bits per heavy atom. The molecular formula is C14H13NO3. The summed E-state index contributed by atoms with van der Waals surface area (Å²) < 4.78 is 0. The molecular weight excluding hydrogens is 230 g/mol. The molecule has 1 unspecified atom stereocenters. The Hall–Kier alpha value is -2.36. The highest BCUT2D eigenvalue weighted by molar-refractivity contribution is 6.10. The fraction of sp³-hybridized carbons (Fsp3) is 0.143. The predicted molar refractivity (Wildman–Crippen MR) is 67.9 cm³/mol. The summed E-state index contributed by atoms with van der Waals surface area (Å²) in [5.41, 5.74) is 1.63. The van der Waals surface area contributed by atoms with E-state index in [2.05, 4.69) is 13.2 Å². The van der Waals surface area contributed by atoms with E-state index in [-0.39, 0.29) is 12.3 Å². The summed E-state index contributed by atoms with van der Waals surface area (Å²) in [5.74, 6) is -1.37. The lowest BCUT2D eigenvalue weighted by Crippen LogP contribution is -2.40. The zero-order valence-electron chi connectivity index (χ0n) is 9.80. The average molecular weight is 243 g/mol. The van der Waals surface area contributed by atoms with Crippen LogP contribution in [0.3, 0.4) is 0 Å². The van der Waals surface area contributed by atoms with Crippen LogP contribution in [0.1, 0.15) is 22.3 Å². The van der Waals surface area contributed by atoms with Gasteiger partial charge in [-0.2, -0.15) is 0 Å². The number of hydrogen-bond donors (Lipinski definition) is 1. The molecule has 4 heteroatoms. The van der Waals surface area contributed by atoms with E-state index in [1.54, 1.807) is 24.3 Å². The number of hydrogen-bond acceptors (Lipinski definition) is 2. The SMILES string of the molecule is C=CCC(C(=O)O)N1C(=C)c2ccccc2C1=O. The van der Waals surface area contributed by atoms with Crippen LogP contribution >= 0.6 is 0 Å². The van der Waals surface area contributed by atoms with Crippen LogP contribution < -0.4 is 0 Å². The summed E-state index contributed by atoms with van der Waals surface area (Å²) in [6.07, 6.45) is 1.68. The summed E-state index contributed by atoms with van der Waals surface area (Å²) in [4.78, 5) is 24.7. The molecule has 2 rings (SSSR count). The van der Waals surface area contributed by atoms with Gasteiger partial charge in [0.1, 0.15) is 6.04 Å². The molecule has 1 aromatic carbocycles. The third-order valence-corrected chi connectivity index (χ3v) is 2.96. The van der Waals surface area contributed by atoms with Gasteiger partial charge in [0.25, 0.3) is 5.91 Å². The van der Waals surface area contributed by atoms with Crippen molar-refractivity contribution >= 4 is 17.6 Å². The van der Waals surface area contributed by atoms with Crippen molar-refractivity contribution in [2.24, 2.45) is 0 Å². The summed E-state index contributed by atoms with van der Waals surface area (Å²) in [6, 6.07) is 6.04. The molecule has 1 amide bonds. The van der Waals surface area contributed by atoms with Gasteiger partial charge in [-0.1, -0.05) is 30.9 Å². The first kappa shape index (κ1) is 12.1. The van der Waals surface area contributed by atoms with Gasteiger partial charge in [-0.05, 0) is 12.5 Å². The van der Waals surface area contributed by atoms with Gasteiger partial charge in [0.15, 0.2) is 0 Å². The largest absolute Gasteiger partial charge is 0.480 e. The third-order valence-electron chi connectivity index (χ3n) is 2.96. The molecule has 1 aliphatic rings. The fourth-order valence-corrected chi connectivity index (χ4v) is 2.11. The number of carboxylic acids is 1. The molecule has 0 fully saturated rings. The Bertz CT molecular complexity index is 513. The zero-order chi connectivity index (χ0) is 13.3. The van der Waals surface area contributed by atoms with Crippen LogP contribution in [0, 0.1) is 0 Å². The van der Waals surface area contributed by atoms with E-state index in [0.717, 1.165) is 0 Å². The van der Waals surface area contributed by atoms with E-state index < -0.39 is 12.0 Å². The van der Waals surface area contributed by atoms with Crippen molar-refractivity contribution in [2.75, 3.05) is 0 Å². The maximum Gasteiger partial charge on any atom is 0.327 e. The molecule has 1 atom stereocenters. The number of nitrogens with zero attached hydrogens (tertiary/aromatic N) is 1. The smallest absolute Gasteiger partial charge is 0.327 e. The minimum Gasteiger partial charge on any atom is -0.480 e. The number of carbonyl (C=O) groups excluding carboxylic acids is 1. The van der Waals surface area contributed by atoms with Gasteiger partial charge in [-0.25, -0.2) is 4.79 Å². The predicted octanol–water partition coefficient (Wildman–Crippen LogP) is 2.14. The molecule has 0 radical (unpaired) electrons. The van der Waals surface area contributed by atoms with Crippen molar-refractivity contribution in [1.29, 1.82) is 0 Å². The van der Waals surface area contributed by atoms with Gasteiger partial charge in [0.05, 0.1) is 0 Å². The van der Waals surface area contributed by atoms with Crippen molar-refractivity contribution in [3.63, 3.8) is 0 Å². The van der Waals surface area contributed by atoms with E-state index in [1.807, 2.05) is 0 Å². The normalized spacial score (nSPS) is 15.4. The highest BCUT2D eigenvalue weighted by Gasteiger charge is 2.38. The van der Waals surface area contributed by atoms with Crippen molar-refractivity contribution in [1.82, 2.24) is 4.90 Å². The van der Waals surface area contributed by atoms with Gasteiger partial charge in [-0.15, -0.1) is 6.58 Å². The molecule has 1 heterocycles. The van der Waals surface area contributed by atoms with Gasteiger partial charge in [-0.3, -0.25) is 9.69 Å². The molecule has 0 bridgehead atoms. The number of carboxylic acid groups (broad SMARTS) is 1. The van der Waals surface area contributed by atoms with E-state index >= 15 is 0 Å². The van der Waals surface area contributed by atoms with Gasteiger partial charge in [0.2, 0.25) is 0 Å². The van der Waals surface area contributed by atoms with Crippen molar-refractivity contribution in [3.05, 3.63) is 54.6 Å². The number of rotatable bonds is 4. The molecule has 92 valence electrons. The molecule has 18 heavy (non-hydrogen) atoms. The lowest BCUT2D eigenvalue weighted by atomic mass is 10.1. The van der Waals surface area contributed by atoms with E-state index in [9.17, 15) is 14.7 Å². The van der Waals surface area contributed by atoms with Crippen molar-refractivity contribution < 1.29 is 14.7 Å². The Morgan fingerprint density at radius 1 is 1.39 bits per heavy atom. The Kier molecular flexibility index (Phi) is 3.02. The lowest BCUT2D eigenvalue weighted by Gasteiger charge is -2.24. The van der Waals surface area contributed by atoms with Gasteiger partial charge < -0.3 is 5.11 Å². The summed E-state index contributed by atoms with van der Waals surface area (Å²) in [6.45, 7) is 7.34. The van der Waals surface area contributed by atoms with Crippen LogP contribution in [-0.4, -0.2) is 27.9 Å². The second kappa shape index (κ2) is 4.49. The Morgan fingerprint density at radius 3 is 2.50 bits per heavy atom. The molecule has 1 aromatic rings. The van der Waals surface area contributed by atoms with Crippen LogP contribution in [0.25, 0.3) is 5.70 Å². The number of aliphatic carboxylic acids is 1. The second-order valence-corrected chi connectivity index (χ2v) is 4.05. The number of benzene rings is 1. The average Bonchev–Trinajstić information content (AvgIpc) is 2.60. The quantitative estimate of drug-likeness (QED) is 0.824.